The van der Waals surface area contributed by atoms with E-state index in [4.69, 9.17) is 10.5 Å². The number of ether oxygens (including phenoxy) is 1. The number of likely N-dealkylation sites (N-methyl/N-ethyl adjacent to an activating group) is 1. The summed E-state index contributed by atoms with van der Waals surface area (Å²) in [5.74, 6) is 1.33. The highest BCUT2D eigenvalue weighted by Gasteiger charge is 2.20. The fourth-order valence-electron chi connectivity index (χ4n) is 3.88. The highest BCUT2D eigenvalue weighted by atomic mass is 32.1. The summed E-state index contributed by atoms with van der Waals surface area (Å²) in [4.78, 5) is 7.54. The number of benzene rings is 1. The molecule has 0 radical (unpaired) electrons. The van der Waals surface area contributed by atoms with E-state index in [0.717, 1.165) is 49.6 Å². The van der Waals surface area contributed by atoms with Gasteiger partial charge >= 0.3 is 0 Å². The minimum atomic E-state index is 0.0553. The third-order valence-corrected chi connectivity index (χ3v) is 6.73. The van der Waals surface area contributed by atoms with Gasteiger partial charge in [0.2, 0.25) is 0 Å². The molecule has 8 heteroatoms. The maximum Gasteiger partial charge on any atom is 0.152 e. The Morgan fingerprint density at radius 1 is 1.30 bits per heavy atom. The van der Waals surface area contributed by atoms with Crippen LogP contribution in [0.4, 0.5) is 5.82 Å². The summed E-state index contributed by atoms with van der Waals surface area (Å²) in [6.45, 7) is 7.76. The van der Waals surface area contributed by atoms with Gasteiger partial charge in [-0.3, -0.25) is 4.90 Å². The number of hydrogen-bond acceptors (Lipinski definition) is 7. The third-order valence-electron chi connectivity index (χ3n) is 5.53. The second kappa shape index (κ2) is 8.22. The Morgan fingerprint density at radius 2 is 2.10 bits per heavy atom. The average molecular weight is 426 g/mol. The molecule has 0 aliphatic carbocycles. The molecule has 3 N–H and O–H groups in total. The average Bonchev–Trinajstić information content (AvgIpc) is 3.33. The molecule has 7 nitrogen and oxygen atoms in total. The molecule has 0 aliphatic heterocycles. The van der Waals surface area contributed by atoms with Crippen LogP contribution in [-0.2, 0) is 6.54 Å². The Hall–Kier alpha value is -2.68. The van der Waals surface area contributed by atoms with Crippen LogP contribution in [0.5, 0.6) is 5.75 Å². The molecule has 0 bridgehead atoms. The van der Waals surface area contributed by atoms with Crippen molar-refractivity contribution in [3.05, 3.63) is 41.9 Å². The van der Waals surface area contributed by atoms with Crippen molar-refractivity contribution in [2.75, 3.05) is 26.0 Å². The van der Waals surface area contributed by atoms with E-state index in [9.17, 15) is 5.11 Å². The highest BCUT2D eigenvalue weighted by Crippen LogP contribution is 2.42. The van der Waals surface area contributed by atoms with E-state index < -0.39 is 0 Å². The Morgan fingerprint density at radius 3 is 2.80 bits per heavy atom. The molecule has 1 atom stereocenters. The van der Waals surface area contributed by atoms with Crippen molar-refractivity contribution < 1.29 is 9.84 Å². The number of aliphatic hydroxyl groups excluding tert-OH is 1. The van der Waals surface area contributed by atoms with Crippen molar-refractivity contribution in [2.45, 2.75) is 33.4 Å². The number of nitrogen functional groups attached to an aromatic ring is 1. The Kier molecular flexibility index (Phi) is 5.64. The first-order valence-electron chi connectivity index (χ1n) is 10.0. The number of rotatable bonds is 7. The molecule has 30 heavy (non-hydrogen) atoms. The van der Waals surface area contributed by atoms with Crippen molar-refractivity contribution >= 4 is 32.8 Å². The second-order valence-corrected chi connectivity index (χ2v) is 8.60. The van der Waals surface area contributed by atoms with E-state index in [1.54, 1.807) is 18.4 Å². The predicted octanol–water partition coefficient (Wildman–Crippen LogP) is 3.71. The second-order valence-electron chi connectivity index (χ2n) is 7.55. The molecule has 4 rings (SSSR count). The lowest BCUT2D eigenvalue weighted by molar-refractivity contribution is 0.132. The first-order chi connectivity index (χ1) is 14.5. The number of thiophene rings is 1. The van der Waals surface area contributed by atoms with Crippen molar-refractivity contribution in [2.24, 2.45) is 0 Å². The molecule has 0 spiro atoms. The van der Waals surface area contributed by atoms with E-state index in [1.807, 2.05) is 11.4 Å². The molecule has 0 fully saturated rings. The Balaban J connectivity index is 1.89. The molecule has 3 aromatic heterocycles. The summed E-state index contributed by atoms with van der Waals surface area (Å²) in [6.07, 6.45) is 1.48. The van der Waals surface area contributed by atoms with Crippen LogP contribution in [0.25, 0.3) is 26.0 Å². The monoisotopic (exact) mass is 425 g/mol. The topological polar surface area (TPSA) is 88.9 Å². The summed E-state index contributed by atoms with van der Waals surface area (Å²) in [5, 5.41) is 15.2. The summed E-state index contributed by atoms with van der Waals surface area (Å²) in [6, 6.07) is 8.59. The number of nitrogens with zero attached hydrogens (tertiary/aromatic N) is 4. The van der Waals surface area contributed by atoms with E-state index >= 15 is 0 Å². The maximum absolute atomic E-state index is 9.60. The number of fused-ring (bicyclic) bond motifs is 2. The molecule has 0 aliphatic rings. The summed E-state index contributed by atoms with van der Waals surface area (Å²) >= 11 is 1.68. The molecular formula is C22H27N5O2S. The predicted molar refractivity (Wildman–Crippen MR) is 122 cm³/mol. The van der Waals surface area contributed by atoms with E-state index in [2.05, 4.69) is 53.1 Å². The SMILES string of the molecule is CCN(Cc1cc(-c2cc3cc(C)cc(OC)c3s2)c2c(N)ncnn12)C(C)CO. The van der Waals surface area contributed by atoms with Gasteiger partial charge in [0.1, 0.15) is 17.6 Å². The fraction of sp³-hybridized carbons (Fsp3) is 0.364. The minimum absolute atomic E-state index is 0.0553. The number of methoxy groups -OCH3 is 1. The van der Waals surface area contributed by atoms with Gasteiger partial charge in [-0.2, -0.15) is 5.10 Å². The quantitative estimate of drug-likeness (QED) is 0.469. The molecule has 4 aromatic rings. The Labute approximate surface area is 179 Å². The molecule has 0 amide bonds. The molecule has 0 saturated heterocycles. The molecular weight excluding hydrogens is 398 g/mol. The Bertz CT molecular complexity index is 1200. The van der Waals surface area contributed by atoms with Gasteiger partial charge in [0.15, 0.2) is 5.82 Å². The van der Waals surface area contributed by atoms with Crippen LogP contribution in [0.15, 0.2) is 30.6 Å². The van der Waals surface area contributed by atoms with E-state index in [-0.39, 0.29) is 12.6 Å². The maximum atomic E-state index is 9.60. The van der Waals surface area contributed by atoms with Gasteiger partial charge in [-0.1, -0.05) is 13.0 Å². The van der Waals surface area contributed by atoms with Gasteiger partial charge in [-0.15, -0.1) is 11.3 Å². The van der Waals surface area contributed by atoms with Crippen LogP contribution < -0.4 is 10.5 Å². The van der Waals surface area contributed by atoms with Crippen molar-refractivity contribution in [3.63, 3.8) is 0 Å². The van der Waals surface area contributed by atoms with Gasteiger partial charge in [-0.05, 0) is 49.5 Å². The third kappa shape index (κ3) is 3.51. The number of anilines is 1. The van der Waals surface area contributed by atoms with Crippen LogP contribution in [-0.4, -0.2) is 50.9 Å². The van der Waals surface area contributed by atoms with Crippen molar-refractivity contribution in [1.82, 2.24) is 19.5 Å². The standard InChI is InChI=1S/C22H27N5O2S/c1-5-26(14(3)11-28)10-16-9-17(20-22(23)24-12-25-27(16)20)19-8-15-6-13(2)7-18(29-4)21(15)30-19/h6-9,12,14,28H,5,10-11H2,1-4H3,(H2,23,24,25). The number of aliphatic hydroxyl groups is 1. The smallest absolute Gasteiger partial charge is 0.152 e. The molecule has 3 heterocycles. The summed E-state index contributed by atoms with van der Waals surface area (Å²) < 4.78 is 8.59. The largest absolute Gasteiger partial charge is 0.495 e. The van der Waals surface area contributed by atoms with E-state index in [0.29, 0.717) is 12.4 Å². The first kappa shape index (κ1) is 20.6. The molecule has 1 aromatic carbocycles. The summed E-state index contributed by atoms with van der Waals surface area (Å²) in [5.41, 5.74) is 10.3. The van der Waals surface area contributed by atoms with Crippen LogP contribution >= 0.6 is 11.3 Å². The summed E-state index contributed by atoms with van der Waals surface area (Å²) in [7, 11) is 1.70. The van der Waals surface area contributed by atoms with Crippen LogP contribution in [0, 0.1) is 6.92 Å². The number of hydrogen-bond donors (Lipinski definition) is 2. The van der Waals surface area contributed by atoms with Crippen LogP contribution in [0.2, 0.25) is 0 Å². The zero-order valence-corrected chi connectivity index (χ0v) is 18.5. The molecule has 158 valence electrons. The van der Waals surface area contributed by atoms with Crippen LogP contribution in [0.1, 0.15) is 25.1 Å². The lowest BCUT2D eigenvalue weighted by Crippen LogP contribution is -2.35. The first-order valence-corrected chi connectivity index (χ1v) is 10.8. The van der Waals surface area contributed by atoms with Crippen molar-refractivity contribution in [1.29, 1.82) is 0 Å². The fourth-order valence-corrected chi connectivity index (χ4v) is 5.03. The van der Waals surface area contributed by atoms with Crippen molar-refractivity contribution in [3.8, 4) is 16.2 Å². The van der Waals surface area contributed by atoms with Gasteiger partial charge in [0.05, 0.1) is 24.1 Å². The van der Waals surface area contributed by atoms with Gasteiger partial charge in [0, 0.05) is 23.0 Å². The molecule has 0 saturated carbocycles. The molecule has 1 unspecified atom stereocenters. The normalized spacial score (nSPS) is 12.9. The van der Waals surface area contributed by atoms with E-state index in [1.165, 1.54) is 6.33 Å². The number of nitrogens with two attached hydrogens (primary N) is 1. The van der Waals surface area contributed by atoms with Gasteiger partial charge < -0.3 is 15.6 Å². The number of aromatic nitrogens is 3. The highest BCUT2D eigenvalue weighted by molar-refractivity contribution is 7.22. The zero-order valence-electron chi connectivity index (χ0n) is 17.7. The van der Waals surface area contributed by atoms with Crippen LogP contribution in [0.3, 0.4) is 0 Å². The van der Waals surface area contributed by atoms with Gasteiger partial charge in [0.25, 0.3) is 0 Å². The minimum Gasteiger partial charge on any atom is -0.495 e. The lowest BCUT2D eigenvalue weighted by atomic mass is 10.1. The van der Waals surface area contributed by atoms with Gasteiger partial charge in [-0.25, -0.2) is 9.50 Å². The number of aryl methyl sites for hydroxylation is 1. The lowest BCUT2D eigenvalue weighted by Gasteiger charge is -2.25. The zero-order chi connectivity index (χ0) is 21.4.